The fraction of sp³-hybridized carbons (Fsp3) is 0.190. The smallest absolute Gasteiger partial charge is 0.254 e. The van der Waals surface area contributed by atoms with Crippen LogP contribution in [-0.4, -0.2) is 37.9 Å². The second kappa shape index (κ2) is 8.87. The molecule has 0 aliphatic heterocycles. The van der Waals surface area contributed by atoms with Gasteiger partial charge in [-0.2, -0.15) is 0 Å². The first-order valence-electron chi connectivity index (χ1n) is 9.12. The molecule has 3 aromatic rings. The summed E-state index contributed by atoms with van der Waals surface area (Å²) in [6.45, 7) is 2.45. The number of carbonyl (C=O) groups is 2. The second-order valence-electron chi connectivity index (χ2n) is 6.27. The van der Waals surface area contributed by atoms with E-state index in [-0.39, 0.29) is 22.4 Å². The number of anilines is 2. The number of nitrogens with one attached hydrogen (secondary N) is 2. The van der Waals surface area contributed by atoms with Crippen molar-refractivity contribution in [2.45, 2.75) is 6.92 Å². The molecule has 0 spiro atoms. The Morgan fingerprint density at radius 1 is 1.27 bits per heavy atom. The van der Waals surface area contributed by atoms with E-state index in [2.05, 4.69) is 15.6 Å². The van der Waals surface area contributed by atoms with Crippen molar-refractivity contribution in [1.82, 2.24) is 10.3 Å². The maximum Gasteiger partial charge on any atom is 0.254 e. The molecule has 0 saturated carbocycles. The molecule has 0 bridgehead atoms. The quantitative estimate of drug-likeness (QED) is 0.386. The number of nitrogens with two attached hydrogens (primary N) is 1. The Morgan fingerprint density at radius 2 is 2.03 bits per heavy atom. The Balaban J connectivity index is 2.15. The number of halogens is 1. The van der Waals surface area contributed by atoms with Crippen LogP contribution >= 0.6 is 11.6 Å². The Hall–Kier alpha value is -3.52. The van der Waals surface area contributed by atoms with Crippen molar-refractivity contribution in [3.63, 3.8) is 0 Å². The monoisotopic (exact) mass is 428 g/mol. The lowest BCUT2D eigenvalue weighted by Crippen LogP contribution is -2.18. The largest absolute Gasteiger partial charge is 0.496 e. The van der Waals surface area contributed by atoms with E-state index in [9.17, 15) is 9.59 Å². The summed E-state index contributed by atoms with van der Waals surface area (Å²) in [6, 6.07) is 6.42. The zero-order chi connectivity index (χ0) is 21.8. The van der Waals surface area contributed by atoms with Gasteiger partial charge in [-0.25, -0.2) is 0 Å². The zero-order valence-corrected chi connectivity index (χ0v) is 17.5. The normalized spacial score (nSPS) is 10.5. The minimum absolute atomic E-state index is 0.184. The van der Waals surface area contributed by atoms with E-state index in [1.165, 1.54) is 20.2 Å². The van der Waals surface area contributed by atoms with Crippen LogP contribution in [0.25, 0.3) is 10.9 Å². The lowest BCUT2D eigenvalue weighted by Gasteiger charge is -2.17. The van der Waals surface area contributed by atoms with E-state index in [4.69, 9.17) is 26.8 Å². The topological polar surface area (TPSA) is 116 Å². The number of ether oxygens (including phenoxy) is 2. The van der Waals surface area contributed by atoms with Crippen LogP contribution in [0.5, 0.6) is 17.2 Å². The summed E-state index contributed by atoms with van der Waals surface area (Å²) >= 11 is 6.36. The third kappa shape index (κ3) is 3.81. The predicted octanol–water partition coefficient (Wildman–Crippen LogP) is 3.88. The summed E-state index contributed by atoms with van der Waals surface area (Å²) in [5.41, 5.74) is 7.99. The van der Waals surface area contributed by atoms with E-state index in [1.54, 1.807) is 24.4 Å². The fourth-order valence-corrected chi connectivity index (χ4v) is 3.30. The summed E-state index contributed by atoms with van der Waals surface area (Å²) in [6.07, 6.45) is 2.23. The molecule has 1 aromatic heterocycles. The van der Waals surface area contributed by atoms with Crippen LogP contribution in [0, 0.1) is 0 Å². The molecule has 0 aliphatic rings. The third-order valence-electron chi connectivity index (χ3n) is 4.49. The number of nitrogens with zero attached hydrogens (tertiary/aromatic N) is 1. The number of fused-ring (bicyclic) bond motifs is 1. The Labute approximate surface area is 178 Å². The summed E-state index contributed by atoms with van der Waals surface area (Å²) < 4.78 is 11.3. The lowest BCUT2D eigenvalue weighted by molar-refractivity contribution is 0.0960. The van der Waals surface area contributed by atoms with Gasteiger partial charge in [0, 0.05) is 36.8 Å². The van der Waals surface area contributed by atoms with Gasteiger partial charge in [0.15, 0.2) is 12.0 Å². The molecule has 3 rings (SSSR count). The Kier molecular flexibility index (Phi) is 6.27. The number of aromatic nitrogens is 1. The Morgan fingerprint density at radius 3 is 2.67 bits per heavy atom. The summed E-state index contributed by atoms with van der Waals surface area (Å²) in [4.78, 5) is 28.1. The van der Waals surface area contributed by atoms with Gasteiger partial charge in [-0.15, -0.1) is 0 Å². The number of carbonyl (C=O) groups excluding carboxylic acids is 2. The van der Waals surface area contributed by atoms with Crippen LogP contribution < -0.4 is 25.8 Å². The third-order valence-corrected chi connectivity index (χ3v) is 4.88. The van der Waals surface area contributed by atoms with Gasteiger partial charge in [0.1, 0.15) is 11.5 Å². The van der Waals surface area contributed by atoms with Gasteiger partial charge >= 0.3 is 0 Å². The highest BCUT2D eigenvalue weighted by molar-refractivity contribution is 6.36. The molecule has 0 radical (unpaired) electrons. The molecular weight excluding hydrogens is 408 g/mol. The first kappa shape index (κ1) is 21.2. The van der Waals surface area contributed by atoms with Gasteiger partial charge in [-0.1, -0.05) is 11.6 Å². The molecule has 2 aromatic carbocycles. The van der Waals surface area contributed by atoms with Crippen LogP contribution in [0.1, 0.15) is 27.6 Å². The van der Waals surface area contributed by atoms with Crippen LogP contribution in [0.4, 0.5) is 11.4 Å². The summed E-state index contributed by atoms with van der Waals surface area (Å²) in [5, 5.41) is 6.37. The predicted molar refractivity (Wildman–Crippen MR) is 117 cm³/mol. The minimum Gasteiger partial charge on any atom is -0.496 e. The van der Waals surface area contributed by atoms with Gasteiger partial charge in [0.05, 0.1) is 34.6 Å². The molecule has 0 unspecified atom stereocenters. The highest BCUT2D eigenvalue weighted by Crippen LogP contribution is 2.41. The number of rotatable bonds is 7. The van der Waals surface area contributed by atoms with Gasteiger partial charge in [0.25, 0.3) is 5.91 Å². The molecule has 0 fully saturated rings. The number of amides is 1. The maximum absolute atomic E-state index is 12.3. The highest BCUT2D eigenvalue weighted by Gasteiger charge is 2.19. The van der Waals surface area contributed by atoms with Crippen LogP contribution in [0.3, 0.4) is 0 Å². The molecule has 9 heteroatoms. The maximum atomic E-state index is 12.3. The minimum atomic E-state index is -0.315. The van der Waals surface area contributed by atoms with E-state index in [0.29, 0.717) is 52.0 Å². The molecule has 8 nitrogen and oxygen atoms in total. The molecule has 4 N–H and O–H groups in total. The van der Waals surface area contributed by atoms with Crippen molar-refractivity contribution in [1.29, 1.82) is 0 Å². The number of hydrogen-bond acceptors (Lipinski definition) is 7. The van der Waals surface area contributed by atoms with E-state index >= 15 is 0 Å². The van der Waals surface area contributed by atoms with Crippen molar-refractivity contribution in [3.8, 4) is 17.2 Å². The van der Waals surface area contributed by atoms with Gasteiger partial charge < -0.3 is 25.8 Å². The number of methoxy groups -OCH3 is 1. The number of nitrogen functional groups attached to an aromatic ring is 1. The first-order valence-corrected chi connectivity index (χ1v) is 9.50. The van der Waals surface area contributed by atoms with Crippen LogP contribution in [-0.2, 0) is 0 Å². The van der Waals surface area contributed by atoms with Crippen molar-refractivity contribution in [2.24, 2.45) is 0 Å². The van der Waals surface area contributed by atoms with Crippen LogP contribution in [0.2, 0.25) is 5.02 Å². The molecule has 156 valence electrons. The van der Waals surface area contributed by atoms with E-state index < -0.39 is 0 Å². The Bertz CT molecular complexity index is 1130. The van der Waals surface area contributed by atoms with Gasteiger partial charge in [-0.3, -0.25) is 14.6 Å². The molecule has 1 amide bonds. The zero-order valence-electron chi connectivity index (χ0n) is 16.7. The first-order chi connectivity index (χ1) is 14.4. The second-order valence-corrected chi connectivity index (χ2v) is 6.65. The average Bonchev–Trinajstić information content (AvgIpc) is 2.77. The number of pyridine rings is 1. The SMILES string of the molecule is CCNc1c(C=O)cc(Oc2ccnc3cc(OC)c(C(=O)NC)cc23)c(N)c1Cl. The van der Waals surface area contributed by atoms with E-state index in [1.807, 2.05) is 6.92 Å². The lowest BCUT2D eigenvalue weighted by atomic mass is 10.1. The molecule has 0 saturated heterocycles. The molecule has 0 aliphatic carbocycles. The molecular formula is C21H21ClN4O4. The van der Waals surface area contributed by atoms with Crippen molar-refractivity contribution < 1.29 is 19.1 Å². The molecule has 30 heavy (non-hydrogen) atoms. The molecule has 0 atom stereocenters. The van der Waals surface area contributed by atoms with Gasteiger partial charge in [0.2, 0.25) is 0 Å². The van der Waals surface area contributed by atoms with Crippen molar-refractivity contribution >= 4 is 46.1 Å². The standard InChI is InChI=1S/C21H21ClN4O4/c1-4-25-20-11(10-27)7-17(19(23)18(20)22)30-15-5-6-26-14-9-16(29-3)13(8-12(14)15)21(28)24-2/h5-10,25H,4,23H2,1-3H3,(H,24,28). The fourth-order valence-electron chi connectivity index (χ4n) is 3.03. The average molecular weight is 429 g/mol. The van der Waals surface area contributed by atoms with Crippen LogP contribution in [0.15, 0.2) is 30.5 Å². The van der Waals surface area contributed by atoms with Crippen molar-refractivity contribution in [3.05, 3.63) is 46.6 Å². The molecule has 1 heterocycles. The summed E-state index contributed by atoms with van der Waals surface area (Å²) in [7, 11) is 3.01. The number of hydrogen-bond donors (Lipinski definition) is 3. The van der Waals surface area contributed by atoms with Gasteiger partial charge in [-0.05, 0) is 25.1 Å². The summed E-state index contributed by atoms with van der Waals surface area (Å²) in [5.74, 6) is 0.675. The highest BCUT2D eigenvalue weighted by atomic mass is 35.5. The van der Waals surface area contributed by atoms with E-state index in [0.717, 1.165) is 0 Å². The number of aldehydes is 1. The van der Waals surface area contributed by atoms with Crippen molar-refractivity contribution in [2.75, 3.05) is 31.8 Å². The number of benzene rings is 2.